The van der Waals surface area contributed by atoms with E-state index in [1.54, 1.807) is 18.0 Å². The van der Waals surface area contributed by atoms with Gasteiger partial charge >= 0.3 is 5.97 Å². The second kappa shape index (κ2) is 6.47. The quantitative estimate of drug-likeness (QED) is 0.628. The number of hydrogen-bond donors (Lipinski definition) is 2. The number of halogens is 1. The van der Waals surface area contributed by atoms with Crippen LogP contribution in [0.1, 0.15) is 16.8 Å². The number of aliphatic hydroxyl groups excluding tert-OH is 1. The van der Waals surface area contributed by atoms with Gasteiger partial charge in [0, 0.05) is 25.9 Å². The van der Waals surface area contributed by atoms with Crippen molar-refractivity contribution in [2.45, 2.75) is 6.42 Å². The normalized spacial score (nSPS) is 10.2. The van der Waals surface area contributed by atoms with Gasteiger partial charge in [0.25, 0.3) is 0 Å². The molecule has 0 unspecified atom stereocenters. The van der Waals surface area contributed by atoms with Crippen LogP contribution in [0, 0.1) is 0 Å². The fourth-order valence-corrected chi connectivity index (χ4v) is 2.07. The van der Waals surface area contributed by atoms with E-state index >= 15 is 0 Å². The summed E-state index contributed by atoms with van der Waals surface area (Å²) in [4.78, 5) is 13.5. The molecule has 0 saturated heterocycles. The summed E-state index contributed by atoms with van der Waals surface area (Å²) in [6.07, 6.45) is 0.581. The Kier molecular flexibility index (Phi) is 5.25. The molecule has 0 aliphatic rings. The number of esters is 1. The van der Waals surface area contributed by atoms with Gasteiger partial charge in [0.1, 0.15) is 0 Å². The van der Waals surface area contributed by atoms with Crippen molar-refractivity contribution in [1.82, 2.24) is 0 Å². The van der Waals surface area contributed by atoms with E-state index < -0.39 is 5.97 Å². The van der Waals surface area contributed by atoms with Gasteiger partial charge in [-0.1, -0.05) is 11.6 Å². The molecule has 1 rings (SSSR count). The molecule has 3 N–H and O–H groups in total. The summed E-state index contributed by atoms with van der Waals surface area (Å²) >= 11 is 6.12. The highest BCUT2D eigenvalue weighted by Crippen LogP contribution is 2.32. The first-order chi connectivity index (χ1) is 8.51. The van der Waals surface area contributed by atoms with E-state index in [0.29, 0.717) is 34.9 Å². The third kappa shape index (κ3) is 3.27. The predicted octanol–water partition coefficient (Wildman–Crippen LogP) is 1.53. The Hall–Kier alpha value is -1.46. The van der Waals surface area contributed by atoms with Gasteiger partial charge in [-0.05, 0) is 18.6 Å². The zero-order valence-electron chi connectivity index (χ0n) is 10.4. The molecule has 18 heavy (non-hydrogen) atoms. The van der Waals surface area contributed by atoms with Crippen molar-refractivity contribution < 1.29 is 14.6 Å². The Balaban J connectivity index is 3.18. The van der Waals surface area contributed by atoms with Crippen LogP contribution in [0.15, 0.2) is 12.1 Å². The topological polar surface area (TPSA) is 75.8 Å². The fourth-order valence-electron chi connectivity index (χ4n) is 1.69. The molecule has 1 aromatic rings. The highest BCUT2D eigenvalue weighted by atomic mass is 35.5. The number of nitrogen functional groups attached to an aromatic ring is 1. The molecule has 0 atom stereocenters. The first kappa shape index (κ1) is 14.6. The average molecular weight is 273 g/mol. The number of anilines is 2. The van der Waals surface area contributed by atoms with Crippen LogP contribution in [-0.2, 0) is 4.74 Å². The molecule has 0 aromatic heterocycles. The minimum absolute atomic E-state index is 0.0739. The van der Waals surface area contributed by atoms with E-state index in [2.05, 4.69) is 0 Å². The summed E-state index contributed by atoms with van der Waals surface area (Å²) in [7, 11) is 3.09. The van der Waals surface area contributed by atoms with Crippen LogP contribution in [0.2, 0.25) is 5.02 Å². The first-order valence-corrected chi connectivity index (χ1v) is 5.88. The second-order valence-corrected chi connectivity index (χ2v) is 4.30. The molecule has 0 bridgehead atoms. The standard InChI is InChI=1S/C12H17ClN2O3/c1-15(4-3-5-16)11-9(12(17)18-2)6-8(14)7-10(11)13/h6-7,16H,3-5,14H2,1-2H3. The van der Waals surface area contributed by atoms with Gasteiger partial charge in [-0.3, -0.25) is 0 Å². The van der Waals surface area contributed by atoms with Crippen molar-refractivity contribution in [3.05, 3.63) is 22.7 Å². The molecule has 0 aliphatic heterocycles. The molecule has 0 spiro atoms. The molecule has 5 nitrogen and oxygen atoms in total. The summed E-state index contributed by atoms with van der Waals surface area (Å²) in [5, 5.41) is 9.21. The van der Waals surface area contributed by atoms with Crippen molar-refractivity contribution in [3.63, 3.8) is 0 Å². The van der Waals surface area contributed by atoms with Gasteiger partial charge in [0.05, 0.1) is 23.4 Å². The molecular weight excluding hydrogens is 256 g/mol. The van der Waals surface area contributed by atoms with Crippen LogP contribution in [0.3, 0.4) is 0 Å². The monoisotopic (exact) mass is 272 g/mol. The SMILES string of the molecule is COC(=O)c1cc(N)cc(Cl)c1N(C)CCCO. The van der Waals surface area contributed by atoms with Gasteiger partial charge in [0.15, 0.2) is 0 Å². The summed E-state index contributed by atoms with van der Waals surface area (Å²) < 4.78 is 4.71. The number of carbonyl (C=O) groups is 1. The van der Waals surface area contributed by atoms with Gasteiger partial charge in [0.2, 0.25) is 0 Å². The van der Waals surface area contributed by atoms with Crippen LogP contribution < -0.4 is 10.6 Å². The van der Waals surface area contributed by atoms with Crippen molar-refractivity contribution in [1.29, 1.82) is 0 Å². The van der Waals surface area contributed by atoms with Crippen molar-refractivity contribution >= 4 is 28.9 Å². The van der Waals surface area contributed by atoms with Gasteiger partial charge in [-0.15, -0.1) is 0 Å². The van der Waals surface area contributed by atoms with Crippen LogP contribution >= 0.6 is 11.6 Å². The molecule has 0 aliphatic carbocycles. The second-order valence-electron chi connectivity index (χ2n) is 3.89. The Morgan fingerprint density at radius 2 is 2.22 bits per heavy atom. The minimum Gasteiger partial charge on any atom is -0.465 e. The molecule has 1 aromatic carbocycles. The smallest absolute Gasteiger partial charge is 0.340 e. The largest absolute Gasteiger partial charge is 0.465 e. The lowest BCUT2D eigenvalue weighted by atomic mass is 10.1. The summed E-state index contributed by atoms with van der Waals surface area (Å²) in [6.45, 7) is 0.647. The number of aliphatic hydroxyl groups is 1. The Labute approximate surface area is 111 Å². The zero-order chi connectivity index (χ0) is 13.7. The van der Waals surface area contributed by atoms with Crippen LogP contribution in [0.25, 0.3) is 0 Å². The number of hydrogen-bond acceptors (Lipinski definition) is 5. The molecule has 0 radical (unpaired) electrons. The number of methoxy groups -OCH3 is 1. The molecule has 0 heterocycles. The van der Waals surface area contributed by atoms with Gasteiger partial charge < -0.3 is 20.5 Å². The summed E-state index contributed by atoms with van der Waals surface area (Å²) in [5.74, 6) is -0.491. The Morgan fingerprint density at radius 1 is 1.56 bits per heavy atom. The maximum absolute atomic E-state index is 11.7. The highest BCUT2D eigenvalue weighted by molar-refractivity contribution is 6.34. The van der Waals surface area contributed by atoms with Crippen LogP contribution in [0.5, 0.6) is 0 Å². The fraction of sp³-hybridized carbons (Fsp3) is 0.417. The lowest BCUT2D eigenvalue weighted by Gasteiger charge is -2.23. The van der Waals surface area contributed by atoms with Crippen LogP contribution in [-0.4, -0.2) is 38.4 Å². The minimum atomic E-state index is -0.491. The average Bonchev–Trinajstić information content (AvgIpc) is 2.33. The molecular formula is C12H17ClN2O3. The van der Waals surface area contributed by atoms with E-state index in [9.17, 15) is 4.79 Å². The molecule has 6 heteroatoms. The van der Waals surface area contributed by atoms with Crippen molar-refractivity contribution in [2.75, 3.05) is 37.9 Å². The van der Waals surface area contributed by atoms with E-state index in [1.807, 2.05) is 0 Å². The van der Waals surface area contributed by atoms with E-state index in [1.165, 1.54) is 13.2 Å². The maximum Gasteiger partial charge on any atom is 0.340 e. The lowest BCUT2D eigenvalue weighted by Crippen LogP contribution is -2.23. The number of ether oxygens (including phenoxy) is 1. The van der Waals surface area contributed by atoms with Gasteiger partial charge in [-0.25, -0.2) is 4.79 Å². The Morgan fingerprint density at radius 3 is 2.78 bits per heavy atom. The number of carbonyl (C=O) groups excluding carboxylic acids is 1. The molecule has 0 fully saturated rings. The van der Waals surface area contributed by atoms with Gasteiger partial charge in [-0.2, -0.15) is 0 Å². The third-order valence-electron chi connectivity index (χ3n) is 2.52. The number of benzene rings is 1. The summed E-state index contributed by atoms with van der Waals surface area (Å²) in [6, 6.07) is 3.11. The number of nitrogens with zero attached hydrogens (tertiary/aromatic N) is 1. The Bertz CT molecular complexity index is 438. The summed E-state index contributed by atoms with van der Waals surface area (Å²) in [5.41, 5.74) is 6.96. The lowest BCUT2D eigenvalue weighted by molar-refractivity contribution is 0.0601. The van der Waals surface area contributed by atoms with E-state index in [0.717, 1.165) is 0 Å². The van der Waals surface area contributed by atoms with E-state index in [-0.39, 0.29) is 6.61 Å². The third-order valence-corrected chi connectivity index (χ3v) is 2.81. The molecule has 0 saturated carbocycles. The number of rotatable bonds is 5. The molecule has 100 valence electrons. The van der Waals surface area contributed by atoms with E-state index in [4.69, 9.17) is 27.2 Å². The first-order valence-electron chi connectivity index (χ1n) is 5.50. The predicted molar refractivity (Wildman–Crippen MR) is 72.2 cm³/mol. The maximum atomic E-state index is 11.7. The zero-order valence-corrected chi connectivity index (χ0v) is 11.2. The highest BCUT2D eigenvalue weighted by Gasteiger charge is 2.19. The molecule has 0 amide bonds. The number of nitrogens with two attached hydrogens (primary N) is 1. The van der Waals surface area contributed by atoms with Crippen molar-refractivity contribution in [2.24, 2.45) is 0 Å². The van der Waals surface area contributed by atoms with Crippen molar-refractivity contribution in [3.8, 4) is 0 Å². The van der Waals surface area contributed by atoms with Crippen LogP contribution in [0.4, 0.5) is 11.4 Å².